The van der Waals surface area contributed by atoms with Gasteiger partial charge >= 0.3 is 0 Å². The van der Waals surface area contributed by atoms with Gasteiger partial charge in [-0.2, -0.15) is 0 Å². The molecule has 1 aliphatic rings. The van der Waals surface area contributed by atoms with E-state index in [0.29, 0.717) is 6.42 Å². The summed E-state index contributed by atoms with van der Waals surface area (Å²) < 4.78 is 0.899. The number of hydrogen-bond acceptors (Lipinski definition) is 3. The van der Waals surface area contributed by atoms with Gasteiger partial charge in [0.1, 0.15) is 0 Å². The van der Waals surface area contributed by atoms with E-state index in [1.54, 1.807) is 11.3 Å². The maximum absolute atomic E-state index is 12.3. The highest BCUT2D eigenvalue weighted by Gasteiger charge is 2.39. The lowest BCUT2D eigenvalue weighted by atomic mass is 9.79. The van der Waals surface area contributed by atoms with Crippen LogP contribution in [0.5, 0.6) is 0 Å². The van der Waals surface area contributed by atoms with Crippen LogP contribution in [0, 0.1) is 0 Å². The molecule has 0 bridgehead atoms. The summed E-state index contributed by atoms with van der Waals surface area (Å²) in [6, 6.07) is 11.6. The average molecular weight is 350 g/mol. The highest BCUT2D eigenvalue weighted by molar-refractivity contribution is 9.10. The Labute approximate surface area is 129 Å². The van der Waals surface area contributed by atoms with E-state index in [1.807, 2.05) is 41.8 Å². The number of imide groups is 1. The molecule has 1 aromatic heterocycles. The van der Waals surface area contributed by atoms with Crippen molar-refractivity contribution in [2.45, 2.75) is 18.3 Å². The van der Waals surface area contributed by atoms with E-state index in [-0.39, 0.29) is 23.7 Å². The van der Waals surface area contributed by atoms with Gasteiger partial charge in [-0.1, -0.05) is 40.2 Å². The smallest absolute Gasteiger partial charge is 0.234 e. The van der Waals surface area contributed by atoms with E-state index in [2.05, 4.69) is 21.2 Å². The summed E-state index contributed by atoms with van der Waals surface area (Å²) in [5.41, 5.74) is 0.927. The molecule has 0 spiro atoms. The third-order valence-corrected chi connectivity index (χ3v) is 5.23. The fourth-order valence-corrected chi connectivity index (χ4v) is 4.02. The van der Waals surface area contributed by atoms with Gasteiger partial charge in [0.2, 0.25) is 11.8 Å². The number of nitrogens with one attached hydrogen (secondary N) is 1. The molecular formula is C15H12BrNO2S. The Hall–Kier alpha value is -1.46. The van der Waals surface area contributed by atoms with E-state index in [9.17, 15) is 9.59 Å². The van der Waals surface area contributed by atoms with E-state index in [0.717, 1.165) is 14.9 Å². The average Bonchev–Trinajstić information content (AvgIpc) is 2.93. The lowest BCUT2D eigenvalue weighted by Gasteiger charge is -2.30. The number of hydrogen-bond donors (Lipinski definition) is 1. The molecule has 0 aliphatic carbocycles. The first-order valence-corrected chi connectivity index (χ1v) is 7.95. The molecule has 3 nitrogen and oxygen atoms in total. The predicted octanol–water partition coefficient (Wildman–Crippen LogP) is 3.42. The summed E-state index contributed by atoms with van der Waals surface area (Å²) in [5.74, 6) is -0.833. The maximum Gasteiger partial charge on any atom is 0.234 e. The summed E-state index contributed by atoms with van der Waals surface area (Å²) in [5, 5.41) is 4.43. The topological polar surface area (TPSA) is 46.2 Å². The minimum Gasteiger partial charge on any atom is -0.296 e. The van der Waals surface area contributed by atoms with Crippen molar-refractivity contribution in [3.05, 3.63) is 56.7 Å². The fourth-order valence-electron chi connectivity index (χ4n) is 2.62. The molecule has 1 N–H and O–H groups in total. The first-order chi connectivity index (χ1) is 9.66. The highest BCUT2D eigenvalue weighted by atomic mass is 79.9. The highest BCUT2D eigenvalue weighted by Crippen LogP contribution is 2.42. The zero-order chi connectivity index (χ0) is 14.1. The maximum atomic E-state index is 12.3. The molecule has 2 heterocycles. The zero-order valence-corrected chi connectivity index (χ0v) is 12.9. The van der Waals surface area contributed by atoms with Crippen molar-refractivity contribution in [1.82, 2.24) is 5.32 Å². The van der Waals surface area contributed by atoms with Gasteiger partial charge in [-0.3, -0.25) is 14.9 Å². The first kappa shape index (κ1) is 13.5. The second kappa shape index (κ2) is 5.50. The molecule has 1 aromatic carbocycles. The summed E-state index contributed by atoms with van der Waals surface area (Å²) in [7, 11) is 0. The summed E-state index contributed by atoms with van der Waals surface area (Å²) in [6.07, 6.45) is 0.345. The molecule has 3 rings (SSSR count). The number of amides is 2. The van der Waals surface area contributed by atoms with Crippen molar-refractivity contribution < 1.29 is 9.59 Å². The molecule has 2 atom stereocenters. The van der Waals surface area contributed by atoms with Gasteiger partial charge in [0.05, 0.1) is 5.92 Å². The van der Waals surface area contributed by atoms with Crippen LogP contribution in [0.1, 0.15) is 28.7 Å². The number of rotatable bonds is 2. The fraction of sp³-hybridized carbons (Fsp3) is 0.200. The van der Waals surface area contributed by atoms with Crippen LogP contribution in [0.15, 0.2) is 46.3 Å². The van der Waals surface area contributed by atoms with Gasteiger partial charge in [-0.15, -0.1) is 11.3 Å². The van der Waals surface area contributed by atoms with Gasteiger partial charge in [0.25, 0.3) is 0 Å². The molecule has 1 aliphatic heterocycles. The zero-order valence-electron chi connectivity index (χ0n) is 10.5. The number of carbonyl (C=O) groups is 2. The molecule has 2 aromatic rings. The second-order valence-corrected chi connectivity index (χ2v) is 6.57. The lowest BCUT2D eigenvalue weighted by molar-refractivity contribution is -0.135. The molecule has 102 valence electrons. The van der Waals surface area contributed by atoms with Crippen LogP contribution in [-0.4, -0.2) is 11.8 Å². The minimum absolute atomic E-state index is 0.0880. The van der Waals surface area contributed by atoms with Gasteiger partial charge in [0.15, 0.2) is 0 Å². The van der Waals surface area contributed by atoms with Crippen molar-refractivity contribution in [2.75, 3.05) is 0 Å². The molecule has 1 saturated heterocycles. The lowest BCUT2D eigenvalue weighted by Crippen LogP contribution is -2.43. The monoisotopic (exact) mass is 349 g/mol. The van der Waals surface area contributed by atoms with Crippen LogP contribution in [0.25, 0.3) is 0 Å². The largest absolute Gasteiger partial charge is 0.296 e. The normalized spacial score (nSPS) is 22.6. The Morgan fingerprint density at radius 1 is 1.15 bits per heavy atom. The van der Waals surface area contributed by atoms with Crippen molar-refractivity contribution in [3.63, 3.8) is 0 Å². The van der Waals surface area contributed by atoms with E-state index in [1.165, 1.54) is 0 Å². The van der Waals surface area contributed by atoms with E-state index >= 15 is 0 Å². The Kier molecular flexibility index (Phi) is 3.72. The third-order valence-electron chi connectivity index (χ3n) is 3.50. The van der Waals surface area contributed by atoms with Crippen LogP contribution in [0.3, 0.4) is 0 Å². The number of carbonyl (C=O) groups excluding carboxylic acids is 2. The van der Waals surface area contributed by atoms with Crippen LogP contribution in [0.2, 0.25) is 0 Å². The quantitative estimate of drug-likeness (QED) is 0.844. The number of benzene rings is 1. The number of halogens is 1. The SMILES string of the molecule is O=C1CC(c2cccs2)C(c2ccccc2Br)C(=O)N1. The third kappa shape index (κ3) is 2.43. The Balaban J connectivity index is 2.07. The number of piperidine rings is 1. The van der Waals surface area contributed by atoms with Crippen molar-refractivity contribution in [3.8, 4) is 0 Å². The Morgan fingerprint density at radius 3 is 2.65 bits per heavy atom. The molecule has 2 amide bonds. The predicted molar refractivity (Wildman–Crippen MR) is 81.7 cm³/mol. The summed E-state index contributed by atoms with van der Waals surface area (Å²) >= 11 is 5.09. The molecule has 2 unspecified atom stereocenters. The Bertz CT molecular complexity index is 654. The van der Waals surface area contributed by atoms with E-state index in [4.69, 9.17) is 0 Å². The van der Waals surface area contributed by atoms with Gasteiger partial charge < -0.3 is 0 Å². The molecule has 0 radical (unpaired) electrons. The first-order valence-electron chi connectivity index (χ1n) is 6.28. The van der Waals surface area contributed by atoms with Gasteiger partial charge in [0, 0.05) is 21.7 Å². The molecule has 20 heavy (non-hydrogen) atoms. The van der Waals surface area contributed by atoms with Gasteiger partial charge in [-0.05, 0) is 23.1 Å². The van der Waals surface area contributed by atoms with Crippen LogP contribution >= 0.6 is 27.3 Å². The minimum atomic E-state index is -0.332. The summed E-state index contributed by atoms with van der Waals surface area (Å²) in [4.78, 5) is 25.1. The van der Waals surface area contributed by atoms with Crippen LogP contribution in [0.4, 0.5) is 0 Å². The van der Waals surface area contributed by atoms with Crippen molar-refractivity contribution >= 4 is 39.1 Å². The van der Waals surface area contributed by atoms with Gasteiger partial charge in [-0.25, -0.2) is 0 Å². The molecule has 5 heteroatoms. The molecule has 0 saturated carbocycles. The van der Waals surface area contributed by atoms with E-state index < -0.39 is 0 Å². The van der Waals surface area contributed by atoms with Crippen LogP contribution < -0.4 is 5.32 Å². The number of thiophene rings is 1. The van der Waals surface area contributed by atoms with Crippen molar-refractivity contribution in [1.29, 1.82) is 0 Å². The Morgan fingerprint density at radius 2 is 1.95 bits per heavy atom. The van der Waals surface area contributed by atoms with Crippen molar-refractivity contribution in [2.24, 2.45) is 0 Å². The summed E-state index contributed by atoms with van der Waals surface area (Å²) in [6.45, 7) is 0. The standard InChI is InChI=1S/C15H12BrNO2S/c16-11-5-2-1-4-9(11)14-10(12-6-3-7-20-12)8-13(18)17-15(14)19/h1-7,10,14H,8H2,(H,17,18,19). The molecule has 1 fully saturated rings. The van der Waals surface area contributed by atoms with Crippen LogP contribution in [-0.2, 0) is 9.59 Å². The second-order valence-electron chi connectivity index (χ2n) is 4.74. The molecular weight excluding hydrogens is 338 g/mol.